The van der Waals surface area contributed by atoms with Crippen LogP contribution in [-0.4, -0.2) is 37.9 Å². The normalized spacial score (nSPS) is 13.0. The van der Waals surface area contributed by atoms with E-state index in [1.54, 1.807) is 29.7 Å². The molecule has 0 saturated carbocycles. The first-order valence-electron chi connectivity index (χ1n) is 9.56. The summed E-state index contributed by atoms with van der Waals surface area (Å²) in [7, 11) is -7.38. The molecule has 0 spiro atoms. The zero-order valence-corrected chi connectivity index (χ0v) is 20.9. The number of hydrogen-bond donors (Lipinski definition) is 2. The van der Waals surface area contributed by atoms with Gasteiger partial charge in [-0.05, 0) is 44.2 Å². The van der Waals surface area contributed by atoms with Gasteiger partial charge in [0.15, 0.2) is 5.82 Å². The van der Waals surface area contributed by atoms with Crippen LogP contribution >= 0.6 is 23.2 Å². The second kappa shape index (κ2) is 9.85. The number of hydrogen-bond acceptors (Lipinski definition) is 7. The lowest BCUT2D eigenvalue weighted by Gasteiger charge is -2.16. The molecule has 1 heterocycles. The van der Waals surface area contributed by atoms with E-state index in [4.69, 9.17) is 27.9 Å². The summed E-state index contributed by atoms with van der Waals surface area (Å²) in [6, 6.07) is 9.67. The molecule has 1 atom stereocenters. The van der Waals surface area contributed by atoms with E-state index < -0.39 is 26.1 Å². The molecule has 0 bridgehead atoms. The third-order valence-electron chi connectivity index (χ3n) is 4.33. The first-order chi connectivity index (χ1) is 15.4. The van der Waals surface area contributed by atoms with Crippen molar-refractivity contribution in [1.82, 2.24) is 19.5 Å². The monoisotopic (exact) mass is 533 g/mol. The van der Waals surface area contributed by atoms with Crippen molar-refractivity contribution in [3.05, 3.63) is 58.3 Å². The Morgan fingerprint density at radius 1 is 1.06 bits per heavy atom. The number of anilines is 1. The number of nitrogens with one attached hydrogen (secondary N) is 2. The minimum absolute atomic E-state index is 0.0435. The maximum absolute atomic E-state index is 12.8. The van der Waals surface area contributed by atoms with Crippen LogP contribution in [0, 0.1) is 0 Å². The van der Waals surface area contributed by atoms with Crippen LogP contribution in [-0.2, 0) is 26.6 Å². The Morgan fingerprint density at radius 3 is 2.42 bits per heavy atom. The van der Waals surface area contributed by atoms with Crippen LogP contribution in [0.3, 0.4) is 0 Å². The molecule has 1 unspecified atom stereocenters. The SMILES string of the molecule is CCn1c(Oc2cccc(NS(C)(=O)=O)c2)nnc1C(C)NS(=O)(=O)c1ccc(Cl)c(Cl)c1. The third-order valence-corrected chi connectivity index (χ3v) is 7.21. The van der Waals surface area contributed by atoms with Crippen molar-refractivity contribution < 1.29 is 21.6 Å². The highest BCUT2D eigenvalue weighted by molar-refractivity contribution is 7.92. The van der Waals surface area contributed by atoms with Crippen LogP contribution in [0.4, 0.5) is 5.69 Å². The first kappa shape index (κ1) is 25.2. The molecule has 178 valence electrons. The Bertz CT molecular complexity index is 1380. The summed E-state index contributed by atoms with van der Waals surface area (Å²) in [6.07, 6.45) is 1.04. The van der Waals surface area contributed by atoms with E-state index in [9.17, 15) is 16.8 Å². The molecule has 1 aromatic heterocycles. The lowest BCUT2D eigenvalue weighted by molar-refractivity contribution is 0.408. The molecule has 0 saturated heterocycles. The fraction of sp³-hybridized carbons (Fsp3) is 0.263. The van der Waals surface area contributed by atoms with E-state index in [1.165, 1.54) is 24.3 Å². The van der Waals surface area contributed by atoms with Crippen LogP contribution in [0.25, 0.3) is 0 Å². The molecule has 14 heteroatoms. The van der Waals surface area contributed by atoms with E-state index in [0.717, 1.165) is 6.26 Å². The smallest absolute Gasteiger partial charge is 0.322 e. The van der Waals surface area contributed by atoms with Crippen LogP contribution in [0.15, 0.2) is 47.4 Å². The van der Waals surface area contributed by atoms with Gasteiger partial charge in [-0.15, -0.1) is 5.10 Å². The Hall–Kier alpha value is -2.38. The van der Waals surface area contributed by atoms with E-state index in [1.807, 2.05) is 6.92 Å². The van der Waals surface area contributed by atoms with Crippen molar-refractivity contribution in [3.8, 4) is 11.8 Å². The number of benzene rings is 2. The quantitative estimate of drug-likeness (QED) is 0.427. The highest BCUT2D eigenvalue weighted by Gasteiger charge is 2.24. The van der Waals surface area contributed by atoms with Crippen LogP contribution in [0.2, 0.25) is 10.0 Å². The van der Waals surface area contributed by atoms with Crippen molar-refractivity contribution >= 4 is 48.9 Å². The lowest BCUT2D eigenvalue weighted by Crippen LogP contribution is -2.29. The predicted molar refractivity (Wildman–Crippen MR) is 126 cm³/mol. The first-order valence-corrected chi connectivity index (χ1v) is 13.7. The molecule has 3 aromatic rings. The second-order valence-corrected chi connectivity index (χ2v) is 11.3. The van der Waals surface area contributed by atoms with Crippen molar-refractivity contribution in [2.75, 3.05) is 11.0 Å². The molecule has 0 fully saturated rings. The Morgan fingerprint density at radius 2 is 1.79 bits per heavy atom. The molecule has 0 aliphatic heterocycles. The Labute approximate surface area is 202 Å². The molecule has 0 aliphatic rings. The second-order valence-electron chi connectivity index (χ2n) is 7.01. The molecule has 0 amide bonds. The number of sulfonamides is 2. The summed E-state index contributed by atoms with van der Waals surface area (Å²) in [5.41, 5.74) is 0.320. The average Bonchev–Trinajstić information content (AvgIpc) is 3.11. The van der Waals surface area contributed by atoms with Gasteiger partial charge in [0.2, 0.25) is 20.0 Å². The van der Waals surface area contributed by atoms with Gasteiger partial charge >= 0.3 is 6.01 Å². The highest BCUT2D eigenvalue weighted by Crippen LogP contribution is 2.28. The minimum Gasteiger partial charge on any atom is -0.424 e. The maximum Gasteiger partial charge on any atom is 0.322 e. The number of halogens is 2. The summed E-state index contributed by atoms with van der Waals surface area (Å²) in [5, 5.41) is 8.45. The topological polar surface area (TPSA) is 132 Å². The maximum atomic E-state index is 12.8. The number of ether oxygens (including phenoxy) is 1. The molecule has 10 nitrogen and oxygen atoms in total. The number of rotatable bonds is 9. The fourth-order valence-electron chi connectivity index (χ4n) is 2.93. The van der Waals surface area contributed by atoms with Crippen LogP contribution in [0.1, 0.15) is 25.7 Å². The summed E-state index contributed by atoms with van der Waals surface area (Å²) in [4.78, 5) is -0.0435. The van der Waals surface area contributed by atoms with Crippen molar-refractivity contribution in [2.45, 2.75) is 31.3 Å². The largest absolute Gasteiger partial charge is 0.424 e. The molecule has 3 rings (SSSR count). The van der Waals surface area contributed by atoms with Gasteiger partial charge < -0.3 is 4.74 Å². The Kier molecular flexibility index (Phi) is 7.54. The van der Waals surface area contributed by atoms with Gasteiger partial charge in [-0.2, -0.15) is 0 Å². The molecular weight excluding hydrogens is 513 g/mol. The highest BCUT2D eigenvalue weighted by atomic mass is 35.5. The van der Waals surface area contributed by atoms with Gasteiger partial charge in [0.05, 0.1) is 32.9 Å². The van der Waals surface area contributed by atoms with E-state index in [2.05, 4.69) is 19.6 Å². The molecule has 2 N–H and O–H groups in total. The molecule has 33 heavy (non-hydrogen) atoms. The van der Waals surface area contributed by atoms with Crippen molar-refractivity contribution in [1.29, 1.82) is 0 Å². The summed E-state index contributed by atoms with van der Waals surface area (Å²) < 4.78 is 60.7. The van der Waals surface area contributed by atoms with E-state index >= 15 is 0 Å². The molecule has 0 aliphatic carbocycles. The zero-order chi connectivity index (χ0) is 24.4. The van der Waals surface area contributed by atoms with Gasteiger partial charge in [0, 0.05) is 12.6 Å². The van der Waals surface area contributed by atoms with Gasteiger partial charge in [0.1, 0.15) is 5.75 Å². The van der Waals surface area contributed by atoms with Crippen molar-refractivity contribution in [3.63, 3.8) is 0 Å². The van der Waals surface area contributed by atoms with Crippen LogP contribution in [0.5, 0.6) is 11.8 Å². The third kappa shape index (κ3) is 6.36. The number of aromatic nitrogens is 3. The van der Waals surface area contributed by atoms with Gasteiger partial charge in [-0.1, -0.05) is 34.4 Å². The zero-order valence-electron chi connectivity index (χ0n) is 17.8. The standard InChI is InChI=1S/C19H21Cl2N5O5S2/c1-4-26-18(12(2)24-33(29,30)15-8-9-16(20)17(21)11-15)22-23-19(26)31-14-7-5-6-13(10-14)25-32(3,27)28/h5-12,24-25H,4H2,1-3H3. The molecular formula is C19H21Cl2N5O5S2. The van der Waals surface area contributed by atoms with Crippen LogP contribution < -0.4 is 14.2 Å². The van der Waals surface area contributed by atoms with Gasteiger partial charge in [0.25, 0.3) is 0 Å². The summed E-state index contributed by atoms with van der Waals surface area (Å²) in [5.74, 6) is 0.642. The summed E-state index contributed by atoms with van der Waals surface area (Å²) in [6.45, 7) is 3.82. The fourth-order valence-corrected chi connectivity index (χ4v) is 5.08. The van der Waals surface area contributed by atoms with Gasteiger partial charge in [-0.3, -0.25) is 9.29 Å². The molecule has 0 radical (unpaired) electrons. The summed E-state index contributed by atoms with van der Waals surface area (Å²) >= 11 is 11.8. The van der Waals surface area contributed by atoms with E-state index in [0.29, 0.717) is 23.8 Å². The van der Waals surface area contributed by atoms with Crippen molar-refractivity contribution in [2.24, 2.45) is 0 Å². The van der Waals surface area contributed by atoms with E-state index in [-0.39, 0.29) is 21.0 Å². The Balaban J connectivity index is 1.83. The minimum atomic E-state index is -3.92. The number of nitrogens with zero attached hydrogens (tertiary/aromatic N) is 3. The van der Waals surface area contributed by atoms with Gasteiger partial charge in [-0.25, -0.2) is 21.6 Å². The average molecular weight is 534 g/mol. The lowest BCUT2D eigenvalue weighted by atomic mass is 10.3. The predicted octanol–water partition coefficient (Wildman–Crippen LogP) is 3.81. The molecule has 2 aromatic carbocycles.